The van der Waals surface area contributed by atoms with E-state index in [4.69, 9.17) is 14.2 Å². The van der Waals surface area contributed by atoms with Gasteiger partial charge in [-0.25, -0.2) is 13.6 Å². The second-order valence-electron chi connectivity index (χ2n) is 15.5. The molecular weight excluding hydrogens is 774 g/mol. The van der Waals surface area contributed by atoms with Gasteiger partial charge >= 0.3 is 5.97 Å². The Labute approximate surface area is 341 Å². The first-order valence-corrected chi connectivity index (χ1v) is 19.4. The number of phenols is 1. The molecule has 2 aliphatic heterocycles. The Morgan fingerprint density at radius 3 is 2.24 bits per heavy atom. The van der Waals surface area contributed by atoms with Crippen LogP contribution in [0.25, 0.3) is 0 Å². The summed E-state index contributed by atoms with van der Waals surface area (Å²) in [6, 6.07) is 11.8. The summed E-state index contributed by atoms with van der Waals surface area (Å²) >= 11 is 0. The Balaban J connectivity index is 1.04. The van der Waals surface area contributed by atoms with Crippen molar-refractivity contribution in [2.45, 2.75) is 95.5 Å². The van der Waals surface area contributed by atoms with E-state index in [9.17, 15) is 47.9 Å². The number of carbonyl (C=O) groups is 6. The molecule has 0 unspecified atom stereocenters. The zero-order valence-corrected chi connectivity index (χ0v) is 33.4. The predicted octanol–water partition coefficient (Wildman–Crippen LogP) is 1.81. The third kappa shape index (κ3) is 15.5. The van der Waals surface area contributed by atoms with Gasteiger partial charge in [-0.05, 0) is 56.0 Å². The zero-order valence-electron chi connectivity index (χ0n) is 33.4. The molecule has 0 saturated carbocycles. The molecule has 2 aromatic rings. The fraction of sp³-hybridized carbons (Fsp3) is 0.537. The summed E-state index contributed by atoms with van der Waals surface area (Å²) < 4.78 is 44.0. The molecule has 2 aliphatic rings. The van der Waals surface area contributed by atoms with Crippen LogP contribution in [0.15, 0.2) is 48.5 Å². The number of amides is 5. The number of phenolic OH excluding ortho intramolecular Hbond substituents is 1. The molecule has 0 spiro atoms. The van der Waals surface area contributed by atoms with Crippen molar-refractivity contribution < 1.29 is 56.9 Å². The maximum Gasteiger partial charge on any atom is 0.329 e. The lowest BCUT2D eigenvalue weighted by Gasteiger charge is -2.24. The lowest BCUT2D eigenvalue weighted by atomic mass is 10.00. The van der Waals surface area contributed by atoms with E-state index in [2.05, 4.69) is 21.3 Å². The summed E-state index contributed by atoms with van der Waals surface area (Å²) in [6.07, 6.45) is -0.699. The number of esters is 1. The maximum absolute atomic E-state index is 13.8. The second-order valence-corrected chi connectivity index (χ2v) is 15.5. The molecule has 0 aliphatic carbocycles. The molecule has 18 heteroatoms. The van der Waals surface area contributed by atoms with Crippen molar-refractivity contribution in [1.82, 2.24) is 26.2 Å². The van der Waals surface area contributed by atoms with Gasteiger partial charge < -0.3 is 45.5 Å². The van der Waals surface area contributed by atoms with Crippen molar-refractivity contribution >= 4 is 35.5 Å². The first-order valence-electron chi connectivity index (χ1n) is 19.4. The number of carbonyl (C=O) groups excluding carboxylic acids is 6. The number of ether oxygens (including phenoxy) is 3. The fourth-order valence-corrected chi connectivity index (χ4v) is 6.41. The van der Waals surface area contributed by atoms with Gasteiger partial charge in [-0.1, -0.05) is 36.4 Å². The number of nitrogens with zero attached hydrogens (tertiary/aromatic N) is 2. The largest absolute Gasteiger partial charge is 0.508 e. The molecule has 2 fully saturated rings. The number of halogens is 2. The Morgan fingerprint density at radius 1 is 0.932 bits per heavy atom. The van der Waals surface area contributed by atoms with Crippen LogP contribution in [0.1, 0.15) is 63.1 Å². The highest BCUT2D eigenvalue weighted by Gasteiger charge is 2.50. The molecule has 59 heavy (non-hydrogen) atoms. The van der Waals surface area contributed by atoms with Gasteiger partial charge in [0.2, 0.25) is 29.5 Å². The molecule has 0 bridgehead atoms. The quantitative estimate of drug-likeness (QED) is 0.0957. The van der Waals surface area contributed by atoms with Crippen molar-refractivity contribution in [2.75, 3.05) is 39.5 Å². The van der Waals surface area contributed by atoms with E-state index in [1.165, 1.54) is 12.1 Å². The van der Waals surface area contributed by atoms with Crippen molar-refractivity contribution in [2.24, 2.45) is 5.92 Å². The Bertz CT molecular complexity index is 1830. The molecular formula is C41H52F2N6O10. The predicted molar refractivity (Wildman–Crippen MR) is 206 cm³/mol. The number of benzene rings is 2. The number of likely N-dealkylation sites (tertiary alicyclic amines) is 1. The van der Waals surface area contributed by atoms with Gasteiger partial charge in [0, 0.05) is 44.7 Å². The third-order valence-electron chi connectivity index (χ3n) is 9.33. The van der Waals surface area contributed by atoms with Gasteiger partial charge in [0.1, 0.15) is 29.5 Å². The van der Waals surface area contributed by atoms with E-state index < -0.39 is 78.1 Å². The summed E-state index contributed by atoms with van der Waals surface area (Å²) in [6.45, 7) is 5.52. The van der Waals surface area contributed by atoms with Crippen LogP contribution in [-0.4, -0.2) is 115 Å². The molecule has 2 heterocycles. The number of hydrogen-bond donors (Lipinski definition) is 5. The van der Waals surface area contributed by atoms with Crippen LogP contribution in [0, 0.1) is 17.2 Å². The van der Waals surface area contributed by atoms with Crippen molar-refractivity contribution in [3.8, 4) is 11.8 Å². The third-order valence-corrected chi connectivity index (χ3v) is 9.33. The van der Waals surface area contributed by atoms with Crippen molar-refractivity contribution in [1.29, 1.82) is 5.26 Å². The highest BCUT2D eigenvalue weighted by atomic mass is 19.3. The lowest BCUT2D eigenvalue weighted by Crippen LogP contribution is -2.46. The molecule has 0 aromatic heterocycles. The summed E-state index contributed by atoms with van der Waals surface area (Å²) in [5.41, 5.74) is 1.48. The van der Waals surface area contributed by atoms with E-state index in [0.29, 0.717) is 0 Å². The molecule has 0 radical (unpaired) electrons. The standard InChI is InChI=1S/C41H52F2N6O10/c1-40(2,3)59-39(56)33(18-26-8-10-31(50)11-9-26)47-34(51)12-14-57-16-17-58-15-13-45-35(52)19-27-4-6-28(7-5-27)24-46-36(53)21-29-20-32(48-37(29)54)38(55)49-25-41(42,43)22-30(49)23-44/h4-11,29-30,32-33,50H,12-22,24-25H2,1-3H3,(H,45,52)(H,46,53)(H,47,51)(H,48,54)/t29-,30-,32-,33-/m0/s1. The minimum Gasteiger partial charge on any atom is -0.508 e. The van der Waals surface area contributed by atoms with E-state index in [-0.39, 0.29) is 83.3 Å². The number of nitriles is 1. The number of alkyl halides is 2. The summed E-state index contributed by atoms with van der Waals surface area (Å²) in [5.74, 6) is -6.83. The van der Waals surface area contributed by atoms with Crippen LogP contribution in [0.4, 0.5) is 8.78 Å². The molecule has 2 aromatic carbocycles. The minimum atomic E-state index is -3.18. The summed E-state index contributed by atoms with van der Waals surface area (Å²) in [4.78, 5) is 76.4. The monoisotopic (exact) mass is 826 g/mol. The first kappa shape index (κ1) is 46.0. The molecule has 5 amide bonds. The van der Waals surface area contributed by atoms with Crippen molar-refractivity contribution in [3.63, 3.8) is 0 Å². The Morgan fingerprint density at radius 2 is 1.58 bits per heavy atom. The second kappa shape index (κ2) is 21.4. The van der Waals surface area contributed by atoms with Crippen LogP contribution < -0.4 is 21.3 Å². The van der Waals surface area contributed by atoms with E-state index >= 15 is 0 Å². The van der Waals surface area contributed by atoms with Gasteiger partial charge in [-0.3, -0.25) is 24.0 Å². The topological polar surface area (TPSA) is 225 Å². The normalized spacial score (nSPS) is 18.9. The smallest absolute Gasteiger partial charge is 0.329 e. The minimum absolute atomic E-state index is 0.00747. The van der Waals surface area contributed by atoms with Crippen LogP contribution in [0.5, 0.6) is 5.75 Å². The Hall–Kier alpha value is -5.67. The van der Waals surface area contributed by atoms with E-state index in [1.54, 1.807) is 63.2 Å². The van der Waals surface area contributed by atoms with Gasteiger partial charge in [0.15, 0.2) is 0 Å². The molecule has 16 nitrogen and oxygen atoms in total. The Kier molecular flexibility index (Phi) is 16.7. The highest BCUT2D eigenvalue weighted by Crippen LogP contribution is 2.33. The molecule has 2 saturated heterocycles. The van der Waals surface area contributed by atoms with Gasteiger partial charge in [0.05, 0.1) is 45.5 Å². The number of rotatable bonds is 20. The average Bonchev–Trinajstić information content (AvgIpc) is 3.70. The van der Waals surface area contributed by atoms with E-state index in [1.807, 2.05) is 0 Å². The molecule has 5 N–H and O–H groups in total. The molecule has 4 atom stereocenters. The van der Waals surface area contributed by atoms with Crippen LogP contribution in [0.2, 0.25) is 0 Å². The van der Waals surface area contributed by atoms with E-state index in [0.717, 1.165) is 21.6 Å². The summed E-state index contributed by atoms with van der Waals surface area (Å²) in [5, 5.41) is 29.4. The number of hydrogen-bond acceptors (Lipinski definition) is 11. The van der Waals surface area contributed by atoms with Crippen LogP contribution >= 0.6 is 0 Å². The van der Waals surface area contributed by atoms with Crippen LogP contribution in [0.3, 0.4) is 0 Å². The van der Waals surface area contributed by atoms with Gasteiger partial charge in [-0.2, -0.15) is 5.26 Å². The highest BCUT2D eigenvalue weighted by molar-refractivity contribution is 5.94. The fourth-order valence-electron chi connectivity index (χ4n) is 6.41. The van der Waals surface area contributed by atoms with Crippen molar-refractivity contribution in [3.05, 3.63) is 65.2 Å². The zero-order chi connectivity index (χ0) is 43.2. The van der Waals surface area contributed by atoms with Gasteiger partial charge in [-0.15, -0.1) is 0 Å². The van der Waals surface area contributed by atoms with Gasteiger partial charge in [0.25, 0.3) is 5.92 Å². The lowest BCUT2D eigenvalue weighted by molar-refractivity contribution is -0.158. The maximum atomic E-state index is 13.8. The SMILES string of the molecule is CC(C)(C)OC(=O)[C@H](Cc1ccc(O)cc1)NC(=O)CCOCCOCCNC(=O)Cc1ccc(CNC(=O)C[C@@H]2C[C@@H](C(=O)N3CC(F)(F)C[C@H]3C#N)NC2=O)cc1. The average molecular weight is 827 g/mol. The number of aromatic hydroxyl groups is 1. The first-order chi connectivity index (χ1) is 27.9. The molecule has 4 rings (SSSR count). The van der Waals surface area contributed by atoms with Crippen LogP contribution in [-0.2, 0) is 62.4 Å². The molecule has 320 valence electrons. The number of nitrogens with one attached hydrogen (secondary N) is 4. The summed E-state index contributed by atoms with van der Waals surface area (Å²) in [7, 11) is 0.